The van der Waals surface area contributed by atoms with Gasteiger partial charge in [-0.3, -0.25) is 4.79 Å². The summed E-state index contributed by atoms with van der Waals surface area (Å²) >= 11 is 0. The smallest absolute Gasteiger partial charge is 0.319 e. The number of aryl methyl sites for hydroxylation is 2. The van der Waals surface area contributed by atoms with Crippen molar-refractivity contribution in [3.8, 4) is 6.07 Å². The zero-order valence-electron chi connectivity index (χ0n) is 20.9. The molecule has 3 amide bonds. The molecule has 0 aliphatic carbocycles. The quantitative estimate of drug-likeness (QED) is 0.625. The van der Waals surface area contributed by atoms with Gasteiger partial charge in [0.1, 0.15) is 5.67 Å². The number of amides is 3. The molecule has 190 valence electrons. The second kappa shape index (κ2) is 11.1. The minimum absolute atomic E-state index is 0.0273. The van der Waals surface area contributed by atoms with E-state index < -0.39 is 5.67 Å². The Bertz CT molecular complexity index is 1140. The molecule has 7 nitrogen and oxygen atoms in total. The number of hydrogen-bond donors (Lipinski definition) is 2. The van der Waals surface area contributed by atoms with Crippen LogP contribution in [-0.4, -0.2) is 49.2 Å². The summed E-state index contributed by atoms with van der Waals surface area (Å²) in [5, 5.41) is 14.8. The van der Waals surface area contributed by atoms with E-state index in [2.05, 4.69) is 10.6 Å². The number of alkyl halides is 1. The maximum atomic E-state index is 15.7. The molecule has 0 bridgehead atoms. The van der Waals surface area contributed by atoms with E-state index in [-0.39, 0.29) is 43.9 Å². The van der Waals surface area contributed by atoms with Crippen LogP contribution in [0.25, 0.3) is 0 Å². The van der Waals surface area contributed by atoms with Crippen molar-refractivity contribution in [3.63, 3.8) is 0 Å². The Hall–Kier alpha value is -3.44. The molecule has 0 saturated carbocycles. The molecular weight excluding hydrogens is 459 g/mol. The SMILES string of the molecule is CCc1cc(C)c(NC(=O)NC2CCCOC2)cc1C(=O)N1CCC(F)(c2ccc(C#N)cc2)CC1. The first-order valence-corrected chi connectivity index (χ1v) is 12.6. The molecule has 1 atom stereocenters. The average molecular weight is 493 g/mol. The molecule has 2 aliphatic rings. The van der Waals surface area contributed by atoms with Crippen LogP contribution in [0, 0.1) is 18.3 Å². The van der Waals surface area contributed by atoms with Gasteiger partial charge >= 0.3 is 6.03 Å². The third-order valence-electron chi connectivity index (χ3n) is 7.18. The number of nitrogens with one attached hydrogen (secondary N) is 2. The Kier molecular flexibility index (Phi) is 7.90. The molecule has 2 aromatic carbocycles. The predicted octanol–water partition coefficient (Wildman–Crippen LogP) is 4.83. The highest BCUT2D eigenvalue weighted by Gasteiger charge is 2.38. The summed E-state index contributed by atoms with van der Waals surface area (Å²) in [5.41, 5.74) is 2.39. The van der Waals surface area contributed by atoms with Crippen LogP contribution < -0.4 is 10.6 Å². The number of benzene rings is 2. The Morgan fingerprint density at radius 3 is 2.56 bits per heavy atom. The van der Waals surface area contributed by atoms with Gasteiger partial charge < -0.3 is 20.3 Å². The highest BCUT2D eigenvalue weighted by molar-refractivity contribution is 5.99. The van der Waals surface area contributed by atoms with Crippen molar-refractivity contribution in [2.75, 3.05) is 31.6 Å². The van der Waals surface area contributed by atoms with Gasteiger partial charge in [0.25, 0.3) is 5.91 Å². The molecule has 2 saturated heterocycles. The number of carbonyl (C=O) groups excluding carboxylic acids is 2. The van der Waals surface area contributed by atoms with E-state index in [1.807, 2.05) is 26.0 Å². The molecule has 0 radical (unpaired) electrons. The van der Waals surface area contributed by atoms with Crippen LogP contribution in [0.5, 0.6) is 0 Å². The number of nitrogens with zero attached hydrogens (tertiary/aromatic N) is 2. The van der Waals surface area contributed by atoms with Crippen LogP contribution in [0.15, 0.2) is 36.4 Å². The molecule has 2 fully saturated rings. The number of halogens is 1. The van der Waals surface area contributed by atoms with Crippen molar-refractivity contribution >= 4 is 17.6 Å². The van der Waals surface area contributed by atoms with Gasteiger partial charge in [0.2, 0.25) is 0 Å². The van der Waals surface area contributed by atoms with Gasteiger partial charge in [0, 0.05) is 43.8 Å². The Morgan fingerprint density at radius 2 is 1.94 bits per heavy atom. The van der Waals surface area contributed by atoms with Crippen molar-refractivity contribution in [3.05, 3.63) is 64.2 Å². The molecule has 2 N–H and O–H groups in total. The van der Waals surface area contributed by atoms with E-state index in [0.29, 0.717) is 35.4 Å². The van der Waals surface area contributed by atoms with E-state index in [1.54, 1.807) is 35.2 Å². The lowest BCUT2D eigenvalue weighted by molar-refractivity contribution is 0.0420. The normalized spacial score (nSPS) is 19.3. The van der Waals surface area contributed by atoms with Crippen LogP contribution in [0.1, 0.15) is 65.2 Å². The molecule has 0 spiro atoms. The number of likely N-dealkylation sites (tertiary alicyclic amines) is 1. The zero-order valence-corrected chi connectivity index (χ0v) is 20.9. The average Bonchev–Trinajstić information content (AvgIpc) is 2.90. The van der Waals surface area contributed by atoms with Crippen molar-refractivity contribution in [1.29, 1.82) is 5.26 Å². The first-order chi connectivity index (χ1) is 17.3. The van der Waals surface area contributed by atoms with Crippen LogP contribution in [0.3, 0.4) is 0 Å². The summed E-state index contributed by atoms with van der Waals surface area (Å²) in [6.07, 6.45) is 2.83. The van der Waals surface area contributed by atoms with Gasteiger partial charge in [-0.1, -0.05) is 25.1 Å². The zero-order chi connectivity index (χ0) is 25.7. The van der Waals surface area contributed by atoms with Gasteiger partial charge in [-0.2, -0.15) is 5.26 Å². The molecule has 8 heteroatoms. The number of piperidine rings is 1. The molecule has 2 aromatic rings. The number of urea groups is 1. The first kappa shape index (κ1) is 25.6. The summed E-state index contributed by atoms with van der Waals surface area (Å²) in [6, 6.07) is 12.0. The highest BCUT2D eigenvalue weighted by Crippen LogP contribution is 2.37. The van der Waals surface area contributed by atoms with Gasteiger partial charge in [-0.05, 0) is 61.1 Å². The van der Waals surface area contributed by atoms with E-state index in [9.17, 15) is 9.59 Å². The standard InChI is InChI=1S/C28H33FN4O3/c1-3-21-15-19(2)25(32-27(35)31-23-5-4-14-36-18-23)16-24(21)26(34)33-12-10-28(29,11-13-33)22-8-6-20(17-30)7-9-22/h6-9,15-16,23H,3-5,10-14,18H2,1-2H3,(H2,31,32,35). The first-order valence-electron chi connectivity index (χ1n) is 12.6. The van der Waals surface area contributed by atoms with Crippen LogP contribution in [-0.2, 0) is 16.8 Å². The van der Waals surface area contributed by atoms with Gasteiger partial charge in [0.05, 0.1) is 24.3 Å². The number of nitriles is 1. The van der Waals surface area contributed by atoms with Crippen molar-refractivity contribution in [1.82, 2.24) is 10.2 Å². The number of ether oxygens (including phenoxy) is 1. The van der Waals surface area contributed by atoms with Crippen molar-refractivity contribution in [2.45, 2.75) is 57.7 Å². The van der Waals surface area contributed by atoms with E-state index >= 15 is 4.39 Å². The van der Waals surface area contributed by atoms with E-state index in [1.165, 1.54) is 0 Å². The number of anilines is 1. The van der Waals surface area contributed by atoms with E-state index in [0.717, 1.165) is 30.6 Å². The maximum absolute atomic E-state index is 15.7. The second-order valence-corrected chi connectivity index (χ2v) is 9.64. The Balaban J connectivity index is 1.45. The minimum atomic E-state index is -1.53. The van der Waals surface area contributed by atoms with Crippen molar-refractivity contribution < 1.29 is 18.7 Å². The lowest BCUT2D eigenvalue weighted by Gasteiger charge is -2.37. The lowest BCUT2D eigenvalue weighted by atomic mass is 9.85. The minimum Gasteiger partial charge on any atom is -0.379 e. The maximum Gasteiger partial charge on any atom is 0.319 e. The summed E-state index contributed by atoms with van der Waals surface area (Å²) < 4.78 is 21.1. The van der Waals surface area contributed by atoms with Crippen LogP contribution in [0.2, 0.25) is 0 Å². The third-order valence-corrected chi connectivity index (χ3v) is 7.18. The predicted molar refractivity (Wildman–Crippen MR) is 136 cm³/mol. The second-order valence-electron chi connectivity index (χ2n) is 9.64. The molecule has 1 unspecified atom stereocenters. The van der Waals surface area contributed by atoms with E-state index in [4.69, 9.17) is 10.00 Å². The topological polar surface area (TPSA) is 94.5 Å². The monoisotopic (exact) mass is 492 g/mol. The number of hydrogen-bond acceptors (Lipinski definition) is 4. The van der Waals surface area contributed by atoms with Gasteiger partial charge in [-0.25, -0.2) is 9.18 Å². The fourth-order valence-corrected chi connectivity index (χ4v) is 4.96. The summed E-state index contributed by atoms with van der Waals surface area (Å²) in [4.78, 5) is 27.8. The molecule has 0 aromatic heterocycles. The molecule has 2 aliphatic heterocycles. The fraction of sp³-hybridized carbons (Fsp3) is 0.464. The lowest BCUT2D eigenvalue weighted by Crippen LogP contribution is -2.44. The molecule has 4 rings (SSSR count). The molecular formula is C28H33FN4O3. The van der Waals surface area contributed by atoms with Gasteiger partial charge in [-0.15, -0.1) is 0 Å². The Morgan fingerprint density at radius 1 is 1.22 bits per heavy atom. The highest BCUT2D eigenvalue weighted by atomic mass is 19.1. The van der Waals surface area contributed by atoms with Crippen LogP contribution >= 0.6 is 0 Å². The summed E-state index contributed by atoms with van der Waals surface area (Å²) in [7, 11) is 0. The summed E-state index contributed by atoms with van der Waals surface area (Å²) in [6.45, 7) is 5.69. The largest absolute Gasteiger partial charge is 0.379 e. The summed E-state index contributed by atoms with van der Waals surface area (Å²) in [5.74, 6) is -0.155. The molecule has 36 heavy (non-hydrogen) atoms. The van der Waals surface area contributed by atoms with Crippen molar-refractivity contribution in [2.24, 2.45) is 0 Å². The van der Waals surface area contributed by atoms with Gasteiger partial charge in [0.15, 0.2) is 0 Å². The Labute approximate surface area is 211 Å². The number of rotatable bonds is 5. The fourth-order valence-electron chi connectivity index (χ4n) is 4.96. The number of carbonyl (C=O) groups is 2. The van der Waals surface area contributed by atoms with Crippen LogP contribution in [0.4, 0.5) is 14.9 Å². The molecule has 2 heterocycles. The third kappa shape index (κ3) is 5.68.